The van der Waals surface area contributed by atoms with Crippen LogP contribution in [0.4, 0.5) is 18.9 Å². The fourth-order valence-electron chi connectivity index (χ4n) is 2.75. The lowest BCUT2D eigenvalue weighted by atomic mass is 10.1. The van der Waals surface area contributed by atoms with E-state index in [9.17, 15) is 13.2 Å². The van der Waals surface area contributed by atoms with Gasteiger partial charge in [0.15, 0.2) is 0 Å². The molecule has 0 spiro atoms. The number of anilines is 1. The lowest BCUT2D eigenvalue weighted by molar-refractivity contribution is -0.136. The first-order valence-electron chi connectivity index (χ1n) is 6.90. The van der Waals surface area contributed by atoms with Crippen LogP contribution in [0.5, 0.6) is 0 Å². The number of hydrogen-bond acceptors (Lipinski definition) is 3. The van der Waals surface area contributed by atoms with Gasteiger partial charge in [0.25, 0.3) is 0 Å². The molecule has 3 nitrogen and oxygen atoms in total. The summed E-state index contributed by atoms with van der Waals surface area (Å²) in [7, 11) is 0. The highest BCUT2D eigenvalue weighted by atomic mass is 19.4. The maximum absolute atomic E-state index is 13.2. The number of piperazine rings is 1. The van der Waals surface area contributed by atoms with Crippen LogP contribution in [0.15, 0.2) is 24.3 Å². The quantitative estimate of drug-likeness (QED) is 0.876. The molecule has 1 aliphatic rings. The molecular formula is C15H16F3N3. The molecule has 0 saturated carbocycles. The van der Waals surface area contributed by atoms with Gasteiger partial charge in [0, 0.05) is 42.9 Å². The van der Waals surface area contributed by atoms with E-state index in [1.807, 2.05) is 6.07 Å². The first kappa shape index (κ1) is 14.1. The molecule has 0 bridgehead atoms. The fourth-order valence-corrected chi connectivity index (χ4v) is 2.75. The minimum Gasteiger partial charge on any atom is -0.368 e. The first-order valence-corrected chi connectivity index (χ1v) is 6.90. The van der Waals surface area contributed by atoms with E-state index in [0.717, 1.165) is 37.9 Å². The second-order valence-electron chi connectivity index (χ2n) is 5.22. The van der Waals surface area contributed by atoms with Crippen LogP contribution >= 0.6 is 0 Å². The van der Waals surface area contributed by atoms with Crippen molar-refractivity contribution in [2.75, 3.05) is 31.1 Å². The second-order valence-corrected chi connectivity index (χ2v) is 5.22. The van der Waals surface area contributed by atoms with E-state index in [-0.39, 0.29) is 5.52 Å². The van der Waals surface area contributed by atoms with Crippen molar-refractivity contribution in [3.05, 3.63) is 35.5 Å². The van der Waals surface area contributed by atoms with Crippen molar-refractivity contribution < 1.29 is 13.2 Å². The van der Waals surface area contributed by atoms with Crippen LogP contribution in [-0.4, -0.2) is 31.2 Å². The smallest absolute Gasteiger partial charge is 0.368 e. The molecule has 1 aromatic carbocycles. The Bertz CT molecular complexity index is 661. The number of hydrogen-bond donors (Lipinski definition) is 1. The Morgan fingerprint density at radius 1 is 1.19 bits per heavy atom. The monoisotopic (exact) mass is 295 g/mol. The van der Waals surface area contributed by atoms with Crippen LogP contribution in [0.25, 0.3) is 10.9 Å². The fraction of sp³-hybridized carbons (Fsp3) is 0.400. The summed E-state index contributed by atoms with van der Waals surface area (Å²) in [5, 5.41) is 3.81. The molecule has 2 aromatic rings. The topological polar surface area (TPSA) is 28.2 Å². The summed E-state index contributed by atoms with van der Waals surface area (Å²) >= 11 is 0. The highest BCUT2D eigenvalue weighted by Crippen LogP contribution is 2.37. The third-order valence-corrected chi connectivity index (χ3v) is 3.71. The van der Waals surface area contributed by atoms with Gasteiger partial charge in [-0.1, -0.05) is 12.1 Å². The summed E-state index contributed by atoms with van der Waals surface area (Å²) < 4.78 is 39.5. The number of para-hydroxylation sites is 1. The first-order chi connectivity index (χ1) is 9.97. The molecule has 21 heavy (non-hydrogen) atoms. The summed E-state index contributed by atoms with van der Waals surface area (Å²) in [6, 6.07) is 6.13. The molecule has 6 heteroatoms. The van der Waals surface area contributed by atoms with Crippen LogP contribution in [0.2, 0.25) is 0 Å². The molecule has 0 atom stereocenters. The lowest BCUT2D eigenvalue weighted by Crippen LogP contribution is -2.43. The van der Waals surface area contributed by atoms with Crippen molar-refractivity contribution in [3.63, 3.8) is 0 Å². The van der Waals surface area contributed by atoms with Crippen LogP contribution in [0.1, 0.15) is 11.3 Å². The van der Waals surface area contributed by atoms with Crippen LogP contribution in [-0.2, 0) is 6.18 Å². The van der Waals surface area contributed by atoms with Gasteiger partial charge >= 0.3 is 6.18 Å². The number of aryl methyl sites for hydroxylation is 1. The number of alkyl halides is 3. The summed E-state index contributed by atoms with van der Waals surface area (Å²) in [6.45, 7) is 4.98. The SMILES string of the molecule is Cc1cc(N2CCNCC2)c2cccc(C(F)(F)F)c2n1. The van der Waals surface area contributed by atoms with Gasteiger partial charge in [-0.05, 0) is 19.1 Å². The molecule has 2 heterocycles. The van der Waals surface area contributed by atoms with Gasteiger partial charge in [0.1, 0.15) is 0 Å². The predicted octanol–water partition coefficient (Wildman–Crippen LogP) is 2.97. The highest BCUT2D eigenvalue weighted by molar-refractivity contribution is 5.94. The largest absolute Gasteiger partial charge is 0.418 e. The van der Waals surface area contributed by atoms with Gasteiger partial charge in [-0.15, -0.1) is 0 Å². The molecule has 1 N–H and O–H groups in total. The average molecular weight is 295 g/mol. The zero-order chi connectivity index (χ0) is 15.0. The van der Waals surface area contributed by atoms with E-state index < -0.39 is 11.7 Å². The maximum atomic E-state index is 13.2. The maximum Gasteiger partial charge on any atom is 0.418 e. The number of rotatable bonds is 1. The Labute approximate surface area is 120 Å². The zero-order valence-corrected chi connectivity index (χ0v) is 11.7. The Kier molecular flexibility index (Phi) is 3.49. The third kappa shape index (κ3) is 2.68. The Balaban J connectivity index is 2.21. The number of benzene rings is 1. The number of nitrogens with zero attached hydrogens (tertiary/aromatic N) is 2. The molecule has 0 amide bonds. The number of pyridine rings is 1. The number of fused-ring (bicyclic) bond motifs is 1. The predicted molar refractivity (Wildman–Crippen MR) is 76.6 cm³/mol. The van der Waals surface area contributed by atoms with E-state index in [1.165, 1.54) is 6.07 Å². The van der Waals surface area contributed by atoms with Gasteiger partial charge in [0.05, 0.1) is 11.1 Å². The Morgan fingerprint density at radius 3 is 2.57 bits per heavy atom. The molecule has 0 aliphatic carbocycles. The van der Waals surface area contributed by atoms with Gasteiger partial charge in [-0.3, -0.25) is 4.98 Å². The van der Waals surface area contributed by atoms with E-state index in [4.69, 9.17) is 0 Å². The minimum atomic E-state index is -4.39. The number of halogens is 3. The minimum absolute atomic E-state index is 0.0403. The molecule has 1 fully saturated rings. The van der Waals surface area contributed by atoms with Crippen molar-refractivity contribution >= 4 is 16.6 Å². The van der Waals surface area contributed by atoms with E-state index in [0.29, 0.717) is 11.1 Å². The van der Waals surface area contributed by atoms with Crippen LogP contribution < -0.4 is 10.2 Å². The standard InChI is InChI=1S/C15H16F3N3/c1-10-9-13(21-7-5-19-6-8-21)11-3-2-4-12(14(11)20-10)15(16,17)18/h2-4,9,19H,5-8H2,1H3. The zero-order valence-electron chi connectivity index (χ0n) is 11.7. The van der Waals surface area contributed by atoms with Crippen molar-refractivity contribution in [2.24, 2.45) is 0 Å². The van der Waals surface area contributed by atoms with E-state index in [1.54, 1.807) is 13.0 Å². The van der Waals surface area contributed by atoms with Gasteiger partial charge in [-0.2, -0.15) is 13.2 Å². The van der Waals surface area contributed by atoms with Crippen molar-refractivity contribution in [3.8, 4) is 0 Å². The second kappa shape index (κ2) is 5.18. The average Bonchev–Trinajstić information content (AvgIpc) is 2.45. The van der Waals surface area contributed by atoms with Gasteiger partial charge < -0.3 is 10.2 Å². The van der Waals surface area contributed by atoms with Gasteiger partial charge in [-0.25, -0.2) is 0 Å². The van der Waals surface area contributed by atoms with Crippen LogP contribution in [0, 0.1) is 6.92 Å². The highest BCUT2D eigenvalue weighted by Gasteiger charge is 2.33. The molecular weight excluding hydrogens is 279 g/mol. The normalized spacial score (nSPS) is 16.5. The van der Waals surface area contributed by atoms with E-state index in [2.05, 4.69) is 15.2 Å². The van der Waals surface area contributed by atoms with E-state index >= 15 is 0 Å². The molecule has 112 valence electrons. The lowest BCUT2D eigenvalue weighted by Gasteiger charge is -2.30. The summed E-state index contributed by atoms with van der Waals surface area (Å²) in [5.41, 5.74) is 0.816. The van der Waals surface area contributed by atoms with Crippen LogP contribution in [0.3, 0.4) is 0 Å². The number of aromatic nitrogens is 1. The molecule has 1 aromatic heterocycles. The third-order valence-electron chi connectivity index (χ3n) is 3.71. The summed E-state index contributed by atoms with van der Waals surface area (Å²) in [4.78, 5) is 6.25. The number of nitrogens with one attached hydrogen (secondary N) is 1. The molecule has 3 rings (SSSR count). The van der Waals surface area contributed by atoms with Crippen molar-refractivity contribution in [2.45, 2.75) is 13.1 Å². The Morgan fingerprint density at radius 2 is 1.90 bits per heavy atom. The molecule has 0 radical (unpaired) electrons. The molecule has 1 saturated heterocycles. The molecule has 1 aliphatic heterocycles. The summed E-state index contributed by atoms with van der Waals surface area (Å²) in [6.07, 6.45) is -4.39. The molecule has 0 unspecified atom stereocenters. The van der Waals surface area contributed by atoms with Crippen molar-refractivity contribution in [1.82, 2.24) is 10.3 Å². The van der Waals surface area contributed by atoms with Crippen molar-refractivity contribution in [1.29, 1.82) is 0 Å². The summed E-state index contributed by atoms with van der Waals surface area (Å²) in [5.74, 6) is 0. The van der Waals surface area contributed by atoms with Gasteiger partial charge in [0.2, 0.25) is 0 Å². The Hall–Kier alpha value is -1.82.